The Labute approximate surface area is 132 Å². The fourth-order valence-electron chi connectivity index (χ4n) is 1.43. The standard InChI is InChI=1S/C10H7Cl3FN3O2S/c1-19-8-3-2-6(4-7(8)11)16-5-15-17(9(16)18)20-10(12,13)14/h2-5H,1H3. The average molecular weight is 359 g/mol. The van der Waals surface area contributed by atoms with Crippen LogP contribution in [0.15, 0.2) is 29.3 Å². The van der Waals surface area contributed by atoms with E-state index in [2.05, 4.69) is 5.10 Å². The van der Waals surface area contributed by atoms with Crippen molar-refractivity contribution >= 4 is 46.8 Å². The number of halogens is 4. The van der Waals surface area contributed by atoms with Crippen molar-refractivity contribution < 1.29 is 9.13 Å². The van der Waals surface area contributed by atoms with Crippen LogP contribution in [0.25, 0.3) is 5.69 Å². The van der Waals surface area contributed by atoms with Crippen molar-refractivity contribution in [1.82, 2.24) is 13.8 Å². The molecule has 0 aliphatic rings. The Kier molecular flexibility index (Phi) is 4.53. The number of rotatable bonds is 4. The van der Waals surface area contributed by atoms with Gasteiger partial charge in [0, 0.05) is 0 Å². The van der Waals surface area contributed by atoms with Gasteiger partial charge < -0.3 is 4.74 Å². The van der Waals surface area contributed by atoms with E-state index in [4.69, 9.17) is 39.5 Å². The first kappa shape index (κ1) is 15.5. The summed E-state index contributed by atoms with van der Waals surface area (Å²) < 4.78 is 17.3. The number of hydrogen-bond donors (Lipinski definition) is 0. The van der Waals surface area contributed by atoms with Gasteiger partial charge in [0.05, 0.1) is 29.8 Å². The van der Waals surface area contributed by atoms with Crippen LogP contribution in [0.2, 0.25) is 5.02 Å². The van der Waals surface area contributed by atoms with Crippen LogP contribution >= 0.6 is 46.8 Å². The Bertz CT molecular complexity index is 683. The molecule has 108 valence electrons. The van der Waals surface area contributed by atoms with Gasteiger partial charge in [-0.15, -0.1) is 9.19 Å². The number of nitrogens with zero attached hydrogens (tertiary/aromatic N) is 3. The van der Waals surface area contributed by atoms with E-state index in [0.717, 1.165) is 8.65 Å². The predicted octanol–water partition coefficient (Wildman–Crippen LogP) is 3.25. The highest BCUT2D eigenvalue weighted by Gasteiger charge is 2.27. The van der Waals surface area contributed by atoms with E-state index in [1.807, 2.05) is 0 Å². The maximum atomic E-state index is 13.1. The van der Waals surface area contributed by atoms with Crippen LogP contribution in [0, 0.1) is 0 Å². The molecular weight excluding hydrogens is 352 g/mol. The Morgan fingerprint density at radius 1 is 1.45 bits per heavy atom. The minimum absolute atomic E-state index is 0.233. The van der Waals surface area contributed by atoms with E-state index in [9.17, 15) is 9.18 Å². The van der Waals surface area contributed by atoms with Crippen molar-refractivity contribution in [1.29, 1.82) is 0 Å². The second-order valence-corrected chi connectivity index (χ2v) is 6.69. The van der Waals surface area contributed by atoms with Crippen LogP contribution in [-0.4, -0.2) is 24.8 Å². The molecule has 0 spiro atoms. The summed E-state index contributed by atoms with van der Waals surface area (Å²) in [6.07, 6.45) is 1.20. The molecule has 0 N–H and O–H groups in total. The number of methoxy groups -OCH3 is 1. The van der Waals surface area contributed by atoms with E-state index in [-0.39, 0.29) is 11.9 Å². The normalized spacial score (nSPS) is 11.7. The fraction of sp³-hybridized carbons (Fsp3) is 0.200. The van der Waals surface area contributed by atoms with Gasteiger partial charge in [-0.05, 0) is 18.2 Å². The topological polar surface area (TPSA) is 49.0 Å². The lowest BCUT2D eigenvalue weighted by atomic mass is 10.3. The van der Waals surface area contributed by atoms with Gasteiger partial charge in [-0.3, -0.25) is 0 Å². The van der Waals surface area contributed by atoms with Crippen molar-refractivity contribution in [2.75, 3.05) is 7.11 Å². The summed E-state index contributed by atoms with van der Waals surface area (Å²) in [4.78, 5) is 12.0. The summed E-state index contributed by atoms with van der Waals surface area (Å²) in [6.45, 7) is 0. The summed E-state index contributed by atoms with van der Waals surface area (Å²) in [5.74, 6) is 0.467. The van der Waals surface area contributed by atoms with Crippen LogP contribution in [0.5, 0.6) is 5.75 Å². The minimum Gasteiger partial charge on any atom is -0.495 e. The SMILES string of the molecule is COc1ccc(-n2cnn(SC(F)(Cl)Cl)c2=O)cc1Cl. The monoisotopic (exact) mass is 357 g/mol. The average Bonchev–Trinajstić information content (AvgIpc) is 2.69. The summed E-state index contributed by atoms with van der Waals surface area (Å²) >= 11 is 16.6. The molecule has 0 aliphatic carbocycles. The number of benzene rings is 1. The van der Waals surface area contributed by atoms with Crippen LogP contribution < -0.4 is 10.4 Å². The molecule has 2 rings (SSSR count). The lowest BCUT2D eigenvalue weighted by Gasteiger charge is -2.06. The van der Waals surface area contributed by atoms with Crippen molar-refractivity contribution in [2.45, 2.75) is 3.92 Å². The van der Waals surface area contributed by atoms with Gasteiger partial charge in [-0.1, -0.05) is 34.8 Å². The van der Waals surface area contributed by atoms with Gasteiger partial charge in [0.1, 0.15) is 12.1 Å². The molecule has 20 heavy (non-hydrogen) atoms. The first-order valence-electron chi connectivity index (χ1n) is 5.08. The molecule has 0 aliphatic heterocycles. The third-order valence-corrected chi connectivity index (χ3v) is 3.59. The van der Waals surface area contributed by atoms with Crippen molar-refractivity contribution in [3.05, 3.63) is 40.0 Å². The molecule has 0 saturated carbocycles. The van der Waals surface area contributed by atoms with Gasteiger partial charge in [-0.2, -0.15) is 4.39 Å². The van der Waals surface area contributed by atoms with Crippen LogP contribution in [0.4, 0.5) is 4.39 Å². The van der Waals surface area contributed by atoms with Crippen molar-refractivity contribution in [2.24, 2.45) is 0 Å². The van der Waals surface area contributed by atoms with E-state index in [0.29, 0.717) is 16.5 Å². The Morgan fingerprint density at radius 3 is 2.70 bits per heavy atom. The van der Waals surface area contributed by atoms with E-state index >= 15 is 0 Å². The lowest BCUT2D eigenvalue weighted by Crippen LogP contribution is -2.22. The minimum atomic E-state index is -2.65. The highest BCUT2D eigenvalue weighted by Crippen LogP contribution is 2.35. The third-order valence-electron chi connectivity index (χ3n) is 2.25. The first-order chi connectivity index (χ1) is 9.31. The van der Waals surface area contributed by atoms with Crippen LogP contribution in [0.3, 0.4) is 0 Å². The zero-order chi connectivity index (χ0) is 14.9. The maximum Gasteiger partial charge on any atom is 0.361 e. The summed E-state index contributed by atoms with van der Waals surface area (Å²) in [5.41, 5.74) is -0.180. The Morgan fingerprint density at radius 2 is 2.15 bits per heavy atom. The number of ether oxygens (including phenoxy) is 1. The molecule has 5 nitrogen and oxygen atoms in total. The predicted molar refractivity (Wildman–Crippen MR) is 77.9 cm³/mol. The van der Waals surface area contributed by atoms with Crippen molar-refractivity contribution in [3.8, 4) is 11.4 Å². The molecule has 0 amide bonds. The molecule has 0 saturated heterocycles. The molecule has 0 bridgehead atoms. The summed E-state index contributed by atoms with van der Waals surface area (Å²) in [6, 6.07) is 4.71. The molecule has 0 radical (unpaired) electrons. The molecule has 2 aromatic rings. The molecule has 0 atom stereocenters. The summed E-state index contributed by atoms with van der Waals surface area (Å²) in [5, 5.41) is 4.02. The molecule has 0 fully saturated rings. The van der Waals surface area contributed by atoms with Gasteiger partial charge in [0.15, 0.2) is 0 Å². The Hall–Kier alpha value is -0.890. The van der Waals surface area contributed by atoms with Gasteiger partial charge in [0.25, 0.3) is 0 Å². The first-order valence-corrected chi connectivity index (χ1v) is 6.99. The molecule has 0 unspecified atom stereocenters. The number of aromatic nitrogens is 3. The molecule has 1 aromatic heterocycles. The van der Waals surface area contributed by atoms with Crippen LogP contribution in [0.1, 0.15) is 0 Å². The summed E-state index contributed by atoms with van der Waals surface area (Å²) in [7, 11) is 1.48. The second kappa shape index (κ2) is 5.85. The van der Waals surface area contributed by atoms with E-state index in [1.165, 1.54) is 19.5 Å². The highest BCUT2D eigenvalue weighted by atomic mass is 35.5. The van der Waals surface area contributed by atoms with E-state index < -0.39 is 9.61 Å². The molecule has 1 aromatic carbocycles. The van der Waals surface area contributed by atoms with Gasteiger partial charge in [0.2, 0.25) is 0 Å². The number of alkyl halides is 3. The Balaban J connectivity index is 2.40. The molecule has 10 heteroatoms. The molecule has 1 heterocycles. The lowest BCUT2D eigenvalue weighted by molar-refractivity contribution is 0.415. The maximum absolute atomic E-state index is 13.1. The number of hydrogen-bond acceptors (Lipinski definition) is 4. The zero-order valence-corrected chi connectivity index (χ0v) is 13.0. The third kappa shape index (κ3) is 3.41. The fourth-order valence-corrected chi connectivity index (χ4v) is 2.53. The highest BCUT2D eigenvalue weighted by molar-refractivity contribution is 8.01. The smallest absolute Gasteiger partial charge is 0.361 e. The van der Waals surface area contributed by atoms with Crippen LogP contribution in [-0.2, 0) is 0 Å². The second-order valence-electron chi connectivity index (χ2n) is 3.51. The quantitative estimate of drug-likeness (QED) is 0.787. The zero-order valence-electron chi connectivity index (χ0n) is 9.89. The van der Waals surface area contributed by atoms with Gasteiger partial charge in [-0.25, -0.2) is 9.36 Å². The van der Waals surface area contributed by atoms with Gasteiger partial charge >= 0.3 is 9.61 Å². The van der Waals surface area contributed by atoms with Crippen molar-refractivity contribution in [3.63, 3.8) is 0 Å². The van der Waals surface area contributed by atoms with E-state index in [1.54, 1.807) is 12.1 Å². The largest absolute Gasteiger partial charge is 0.495 e. The molecular formula is C10H7Cl3FN3O2S.